The number of aliphatic hydroxyl groups is 1. The van der Waals surface area contributed by atoms with E-state index in [2.05, 4.69) is 36.7 Å². The molecule has 3 amide bonds. The van der Waals surface area contributed by atoms with Crippen LogP contribution in [0.3, 0.4) is 0 Å². The largest absolute Gasteiger partial charge is 0.400 e. The molecule has 0 bridgehead atoms. The summed E-state index contributed by atoms with van der Waals surface area (Å²) >= 11 is 0. The Morgan fingerprint density at radius 1 is 0.583 bits per heavy atom. The molecule has 0 unspecified atom stereocenters. The standard InChI is InChI=1S/C19H37N3O7.C3H8.C2H6.CH4O/c1-3-5-6-20-18(24)15-28-13-12-27-10-8-22-19(25)16-29-14-11-26-9-7-21-17(23)4-2;1-3-2;2*1-2/h3-16H2,1-2H3,(H,20,24)(H,21,23)(H,22,25);3H2,1-2H3;1-2H3;2H,1H3. The quantitative estimate of drug-likeness (QED) is 0.176. The Kier molecular flexibility index (Phi) is 46.4. The Morgan fingerprint density at radius 2 is 0.944 bits per heavy atom. The molecular weight excluding hydrogens is 470 g/mol. The van der Waals surface area contributed by atoms with Crippen LogP contribution in [0.25, 0.3) is 0 Å². The summed E-state index contributed by atoms with van der Waals surface area (Å²) in [6, 6.07) is 0. The molecule has 0 saturated carbocycles. The van der Waals surface area contributed by atoms with Gasteiger partial charge in [-0.15, -0.1) is 0 Å². The van der Waals surface area contributed by atoms with Gasteiger partial charge in [-0.25, -0.2) is 0 Å². The van der Waals surface area contributed by atoms with Crippen LogP contribution in [0, 0.1) is 0 Å². The predicted molar refractivity (Wildman–Crippen MR) is 143 cm³/mol. The minimum atomic E-state index is -0.233. The molecule has 0 heterocycles. The van der Waals surface area contributed by atoms with Crippen molar-refractivity contribution in [2.24, 2.45) is 0 Å². The Balaban J connectivity index is -0.000000659. The molecule has 0 aliphatic heterocycles. The van der Waals surface area contributed by atoms with E-state index in [1.54, 1.807) is 6.92 Å². The third-order valence-corrected chi connectivity index (χ3v) is 3.52. The molecule has 0 aliphatic carbocycles. The molecule has 218 valence electrons. The van der Waals surface area contributed by atoms with Gasteiger partial charge < -0.3 is 40.0 Å². The summed E-state index contributed by atoms with van der Waals surface area (Å²) in [6.45, 7) is 15.7. The summed E-state index contributed by atoms with van der Waals surface area (Å²) < 4.78 is 21.0. The molecular formula is C25H55N3O8. The molecule has 0 spiro atoms. The van der Waals surface area contributed by atoms with Crippen LogP contribution >= 0.6 is 0 Å². The van der Waals surface area contributed by atoms with Crippen molar-refractivity contribution in [1.82, 2.24) is 16.0 Å². The van der Waals surface area contributed by atoms with Crippen LogP contribution in [-0.4, -0.2) is 102 Å². The zero-order valence-electron chi connectivity index (χ0n) is 23.9. The van der Waals surface area contributed by atoms with Gasteiger partial charge in [0.05, 0.1) is 39.6 Å². The number of aliphatic hydroxyl groups excluding tert-OH is 1. The maximum absolute atomic E-state index is 11.6. The van der Waals surface area contributed by atoms with Crippen molar-refractivity contribution in [3.05, 3.63) is 0 Å². The first-order valence-corrected chi connectivity index (χ1v) is 13.1. The molecule has 0 atom stereocenters. The van der Waals surface area contributed by atoms with Gasteiger partial charge in [0.15, 0.2) is 0 Å². The van der Waals surface area contributed by atoms with Crippen LogP contribution in [-0.2, 0) is 33.3 Å². The van der Waals surface area contributed by atoms with Crippen molar-refractivity contribution in [3.8, 4) is 0 Å². The lowest BCUT2D eigenvalue weighted by molar-refractivity contribution is -0.127. The molecule has 0 fully saturated rings. The van der Waals surface area contributed by atoms with Gasteiger partial charge in [-0.1, -0.05) is 54.4 Å². The number of hydrogen-bond acceptors (Lipinski definition) is 8. The van der Waals surface area contributed by atoms with E-state index in [4.69, 9.17) is 24.1 Å². The van der Waals surface area contributed by atoms with Crippen LogP contribution in [0.2, 0.25) is 0 Å². The lowest BCUT2D eigenvalue weighted by Gasteiger charge is -2.08. The predicted octanol–water partition coefficient (Wildman–Crippen LogP) is 1.66. The molecule has 0 aliphatic rings. The Hall–Kier alpha value is -1.79. The van der Waals surface area contributed by atoms with Crippen molar-refractivity contribution >= 4 is 17.7 Å². The molecule has 11 heteroatoms. The SMILES string of the molecule is CC.CCC.CCCCNC(=O)COCCOCCNC(=O)COCCOCCNC(=O)CC.CO. The fourth-order valence-corrected chi connectivity index (χ4v) is 1.93. The summed E-state index contributed by atoms with van der Waals surface area (Å²) in [7, 11) is 1.00. The third-order valence-electron chi connectivity index (χ3n) is 3.52. The first-order valence-electron chi connectivity index (χ1n) is 13.1. The summed E-state index contributed by atoms with van der Waals surface area (Å²) in [4.78, 5) is 33.9. The Bertz CT molecular complexity index is 455. The number of unbranched alkanes of at least 4 members (excludes halogenated alkanes) is 1. The number of rotatable bonds is 20. The normalized spacial score (nSPS) is 9.33. The molecule has 0 radical (unpaired) electrons. The van der Waals surface area contributed by atoms with Crippen LogP contribution in [0.5, 0.6) is 0 Å². The highest BCUT2D eigenvalue weighted by Gasteiger charge is 2.02. The number of amides is 3. The average Bonchev–Trinajstić information content (AvgIpc) is 2.90. The Labute approximate surface area is 219 Å². The van der Waals surface area contributed by atoms with Crippen molar-refractivity contribution in [3.63, 3.8) is 0 Å². The van der Waals surface area contributed by atoms with Crippen molar-refractivity contribution in [2.75, 3.05) is 79.6 Å². The first kappa shape index (κ1) is 41.3. The summed E-state index contributed by atoms with van der Waals surface area (Å²) in [6.07, 6.45) is 3.70. The summed E-state index contributed by atoms with van der Waals surface area (Å²) in [5, 5.41) is 15.1. The topological polar surface area (TPSA) is 144 Å². The number of carbonyl (C=O) groups is 3. The lowest BCUT2D eigenvalue weighted by atomic mass is 10.3. The fraction of sp³-hybridized carbons (Fsp3) is 0.880. The lowest BCUT2D eigenvalue weighted by Crippen LogP contribution is -2.31. The maximum Gasteiger partial charge on any atom is 0.246 e. The molecule has 0 aromatic carbocycles. The number of ether oxygens (including phenoxy) is 4. The van der Waals surface area contributed by atoms with Gasteiger partial charge >= 0.3 is 0 Å². The van der Waals surface area contributed by atoms with E-state index in [-0.39, 0.29) is 30.9 Å². The van der Waals surface area contributed by atoms with Gasteiger partial charge in [0.25, 0.3) is 0 Å². The average molecular weight is 526 g/mol. The number of hydrogen-bond donors (Lipinski definition) is 4. The molecule has 0 rings (SSSR count). The summed E-state index contributed by atoms with van der Waals surface area (Å²) in [5.41, 5.74) is 0. The van der Waals surface area contributed by atoms with E-state index in [1.807, 2.05) is 13.8 Å². The van der Waals surface area contributed by atoms with Crippen LogP contribution in [0.15, 0.2) is 0 Å². The second kappa shape index (κ2) is 40.4. The molecule has 0 saturated heterocycles. The van der Waals surface area contributed by atoms with E-state index in [1.165, 1.54) is 6.42 Å². The number of carbonyl (C=O) groups excluding carboxylic acids is 3. The Morgan fingerprint density at radius 3 is 1.33 bits per heavy atom. The van der Waals surface area contributed by atoms with Gasteiger partial charge in [0, 0.05) is 33.2 Å². The van der Waals surface area contributed by atoms with Gasteiger partial charge in [0.1, 0.15) is 13.2 Å². The van der Waals surface area contributed by atoms with Gasteiger partial charge in [-0.2, -0.15) is 0 Å². The monoisotopic (exact) mass is 525 g/mol. The zero-order chi connectivity index (χ0) is 28.3. The summed E-state index contributed by atoms with van der Waals surface area (Å²) in [5.74, 6) is -0.369. The minimum Gasteiger partial charge on any atom is -0.400 e. The van der Waals surface area contributed by atoms with Gasteiger partial charge in [-0.05, 0) is 6.42 Å². The van der Waals surface area contributed by atoms with Crippen molar-refractivity contribution in [2.45, 2.75) is 67.2 Å². The second-order valence-corrected chi connectivity index (χ2v) is 6.79. The van der Waals surface area contributed by atoms with E-state index in [0.717, 1.165) is 20.0 Å². The van der Waals surface area contributed by atoms with Crippen LogP contribution < -0.4 is 16.0 Å². The molecule has 11 nitrogen and oxygen atoms in total. The first-order chi connectivity index (χ1) is 17.5. The minimum absolute atomic E-state index is 0.0109. The van der Waals surface area contributed by atoms with E-state index in [9.17, 15) is 14.4 Å². The maximum atomic E-state index is 11.6. The third kappa shape index (κ3) is 42.4. The van der Waals surface area contributed by atoms with Crippen molar-refractivity contribution in [1.29, 1.82) is 0 Å². The second-order valence-electron chi connectivity index (χ2n) is 6.79. The van der Waals surface area contributed by atoms with Crippen molar-refractivity contribution < 1.29 is 38.4 Å². The van der Waals surface area contributed by atoms with E-state index in [0.29, 0.717) is 65.7 Å². The van der Waals surface area contributed by atoms with Gasteiger partial charge in [-0.3, -0.25) is 14.4 Å². The van der Waals surface area contributed by atoms with Crippen LogP contribution in [0.1, 0.15) is 67.2 Å². The molecule has 0 aromatic rings. The smallest absolute Gasteiger partial charge is 0.246 e. The van der Waals surface area contributed by atoms with E-state index < -0.39 is 0 Å². The van der Waals surface area contributed by atoms with Gasteiger partial charge in [0.2, 0.25) is 17.7 Å². The molecule has 36 heavy (non-hydrogen) atoms. The fourth-order valence-electron chi connectivity index (χ4n) is 1.93. The molecule has 0 aromatic heterocycles. The highest BCUT2D eigenvalue weighted by Crippen LogP contribution is 1.84. The highest BCUT2D eigenvalue weighted by atomic mass is 16.5. The number of nitrogens with one attached hydrogen (secondary N) is 3. The zero-order valence-corrected chi connectivity index (χ0v) is 23.9. The highest BCUT2D eigenvalue weighted by molar-refractivity contribution is 5.77. The van der Waals surface area contributed by atoms with E-state index >= 15 is 0 Å². The molecule has 4 N–H and O–H groups in total. The van der Waals surface area contributed by atoms with Crippen LogP contribution in [0.4, 0.5) is 0 Å².